The first kappa shape index (κ1) is 29.8. The van der Waals surface area contributed by atoms with Crippen LogP contribution in [0.15, 0.2) is 64.1 Å². The predicted molar refractivity (Wildman–Crippen MR) is 144 cm³/mol. The second-order valence-electron chi connectivity index (χ2n) is 8.24. The van der Waals surface area contributed by atoms with Crippen LogP contribution in [-0.2, 0) is 32.5 Å². The molecule has 1 aromatic heterocycles. The maximum Gasteiger partial charge on any atom is 0.245 e. The summed E-state index contributed by atoms with van der Waals surface area (Å²) in [7, 11) is 0.392. The van der Waals surface area contributed by atoms with Gasteiger partial charge in [-0.2, -0.15) is 4.31 Å². The molecule has 0 aliphatic carbocycles. The van der Waals surface area contributed by atoms with Crippen LogP contribution in [0.25, 0.3) is 0 Å². The number of hydrogen-bond acceptors (Lipinski definition) is 7. The van der Waals surface area contributed by atoms with E-state index in [9.17, 15) is 13.2 Å². The molecule has 0 spiro atoms. The SMILES string of the molecule is COCCN(CC(=O)N(CCc1ccc(OC)c(OC)c1)Cc1ccco1)S(=O)(=O)c1cc(Cl)ccc1Cl. The van der Waals surface area contributed by atoms with Crippen LogP contribution in [0.4, 0.5) is 0 Å². The smallest absolute Gasteiger partial charge is 0.245 e. The van der Waals surface area contributed by atoms with Gasteiger partial charge in [0.2, 0.25) is 15.9 Å². The van der Waals surface area contributed by atoms with E-state index in [1.807, 2.05) is 12.1 Å². The fraction of sp³-hybridized carbons (Fsp3) is 0.346. The highest BCUT2D eigenvalue weighted by Crippen LogP contribution is 2.29. The molecule has 3 rings (SSSR count). The van der Waals surface area contributed by atoms with E-state index < -0.39 is 22.5 Å². The number of halogens is 2. The van der Waals surface area contributed by atoms with E-state index in [1.165, 1.54) is 31.6 Å². The van der Waals surface area contributed by atoms with Crippen LogP contribution in [-0.4, -0.2) is 71.1 Å². The Hall–Kier alpha value is -2.76. The third-order valence-electron chi connectivity index (χ3n) is 5.77. The second-order valence-corrected chi connectivity index (χ2v) is 11.0. The molecule has 0 radical (unpaired) electrons. The molecule has 1 amide bonds. The van der Waals surface area contributed by atoms with Crippen LogP contribution < -0.4 is 9.47 Å². The fourth-order valence-corrected chi connectivity index (χ4v) is 5.84. The molecule has 38 heavy (non-hydrogen) atoms. The van der Waals surface area contributed by atoms with Gasteiger partial charge in [0.05, 0.1) is 45.2 Å². The molecule has 0 bridgehead atoms. The Morgan fingerprint density at radius 2 is 1.74 bits per heavy atom. The van der Waals surface area contributed by atoms with Gasteiger partial charge >= 0.3 is 0 Å². The number of carbonyl (C=O) groups excluding carboxylic acids is 1. The largest absolute Gasteiger partial charge is 0.493 e. The van der Waals surface area contributed by atoms with Gasteiger partial charge in [0.15, 0.2) is 11.5 Å². The summed E-state index contributed by atoms with van der Waals surface area (Å²) in [4.78, 5) is 14.9. The number of ether oxygens (including phenoxy) is 3. The summed E-state index contributed by atoms with van der Waals surface area (Å²) >= 11 is 12.2. The quantitative estimate of drug-likeness (QED) is 0.275. The van der Waals surface area contributed by atoms with Gasteiger partial charge in [0.1, 0.15) is 10.7 Å². The summed E-state index contributed by atoms with van der Waals surface area (Å²) in [6, 6.07) is 13.1. The van der Waals surface area contributed by atoms with E-state index in [0.29, 0.717) is 30.2 Å². The van der Waals surface area contributed by atoms with Gasteiger partial charge in [-0.15, -0.1) is 0 Å². The molecule has 1 heterocycles. The van der Waals surface area contributed by atoms with Crippen LogP contribution in [0.5, 0.6) is 11.5 Å². The van der Waals surface area contributed by atoms with E-state index in [4.69, 9.17) is 41.8 Å². The van der Waals surface area contributed by atoms with Gasteiger partial charge in [-0.05, 0) is 54.4 Å². The van der Waals surface area contributed by atoms with Gasteiger partial charge in [-0.25, -0.2) is 8.42 Å². The van der Waals surface area contributed by atoms with Gasteiger partial charge in [0.25, 0.3) is 0 Å². The van der Waals surface area contributed by atoms with Crippen LogP contribution in [0.1, 0.15) is 11.3 Å². The molecule has 0 N–H and O–H groups in total. The number of methoxy groups -OCH3 is 3. The highest BCUT2D eigenvalue weighted by atomic mass is 35.5. The summed E-state index contributed by atoms with van der Waals surface area (Å²) in [6.07, 6.45) is 2.00. The summed E-state index contributed by atoms with van der Waals surface area (Å²) < 4.78 is 49.3. The van der Waals surface area contributed by atoms with Crippen molar-refractivity contribution in [1.82, 2.24) is 9.21 Å². The third kappa shape index (κ3) is 7.64. The van der Waals surface area contributed by atoms with Crippen molar-refractivity contribution in [3.05, 3.63) is 76.2 Å². The van der Waals surface area contributed by atoms with Gasteiger partial charge < -0.3 is 23.5 Å². The van der Waals surface area contributed by atoms with E-state index in [1.54, 1.807) is 37.3 Å². The standard InChI is InChI=1S/C26H30Cl2N2O7S/c1-34-14-12-30(38(32,33)25-16-20(27)7-8-22(25)28)18-26(31)29(17-21-5-4-13-37-21)11-10-19-6-9-23(35-2)24(15-19)36-3/h4-9,13,15-16H,10-12,14,17-18H2,1-3H3. The number of benzene rings is 2. The zero-order chi connectivity index (χ0) is 27.7. The van der Waals surface area contributed by atoms with Crippen molar-refractivity contribution >= 4 is 39.1 Å². The molecular formula is C26H30Cl2N2O7S. The fourth-order valence-electron chi connectivity index (χ4n) is 3.72. The van der Waals surface area contributed by atoms with Gasteiger partial charge in [-0.3, -0.25) is 4.79 Å². The Labute approximate surface area is 232 Å². The number of nitrogens with zero attached hydrogens (tertiary/aromatic N) is 2. The Morgan fingerprint density at radius 1 is 0.974 bits per heavy atom. The van der Waals surface area contributed by atoms with Crippen LogP contribution in [0, 0.1) is 0 Å². The monoisotopic (exact) mass is 584 g/mol. The Kier molecular flexibility index (Phi) is 10.9. The number of rotatable bonds is 14. The van der Waals surface area contributed by atoms with Gasteiger partial charge in [0, 0.05) is 25.2 Å². The zero-order valence-corrected chi connectivity index (χ0v) is 23.7. The minimum Gasteiger partial charge on any atom is -0.493 e. The highest BCUT2D eigenvalue weighted by Gasteiger charge is 2.30. The molecule has 0 aliphatic rings. The molecule has 12 heteroatoms. The van der Waals surface area contributed by atoms with Crippen molar-refractivity contribution in [2.24, 2.45) is 0 Å². The lowest BCUT2D eigenvalue weighted by Gasteiger charge is -2.27. The number of furan rings is 1. The summed E-state index contributed by atoms with van der Waals surface area (Å²) in [6.45, 7) is 0.0493. The molecule has 2 aromatic carbocycles. The van der Waals surface area contributed by atoms with Crippen molar-refractivity contribution in [1.29, 1.82) is 0 Å². The molecular weight excluding hydrogens is 555 g/mol. The summed E-state index contributed by atoms with van der Waals surface area (Å²) in [5.74, 6) is 1.32. The average Bonchev–Trinajstić information content (AvgIpc) is 3.43. The summed E-state index contributed by atoms with van der Waals surface area (Å²) in [5, 5.41) is 0.213. The summed E-state index contributed by atoms with van der Waals surface area (Å²) in [5.41, 5.74) is 0.912. The van der Waals surface area contributed by atoms with E-state index in [0.717, 1.165) is 9.87 Å². The van der Waals surface area contributed by atoms with Gasteiger partial charge in [-0.1, -0.05) is 29.3 Å². The number of amides is 1. The van der Waals surface area contributed by atoms with Crippen LogP contribution in [0.3, 0.4) is 0 Å². The molecule has 0 atom stereocenters. The minimum absolute atomic E-state index is 0.00478. The van der Waals surface area contributed by atoms with E-state index >= 15 is 0 Å². The zero-order valence-electron chi connectivity index (χ0n) is 21.4. The molecule has 206 valence electrons. The predicted octanol–water partition coefficient (Wildman–Crippen LogP) is 4.51. The first-order valence-electron chi connectivity index (χ1n) is 11.6. The van der Waals surface area contributed by atoms with E-state index in [-0.39, 0.29) is 34.6 Å². The Bertz CT molecular complexity index is 1320. The molecule has 0 unspecified atom stereocenters. The van der Waals surface area contributed by atoms with Crippen molar-refractivity contribution in [2.45, 2.75) is 17.9 Å². The number of carbonyl (C=O) groups is 1. The maximum absolute atomic E-state index is 13.6. The third-order valence-corrected chi connectivity index (χ3v) is 8.33. The Morgan fingerprint density at radius 3 is 2.39 bits per heavy atom. The minimum atomic E-state index is -4.17. The van der Waals surface area contributed by atoms with Crippen LogP contribution >= 0.6 is 23.2 Å². The number of sulfonamides is 1. The van der Waals surface area contributed by atoms with Crippen molar-refractivity contribution < 1.29 is 31.8 Å². The number of hydrogen-bond donors (Lipinski definition) is 0. The van der Waals surface area contributed by atoms with E-state index in [2.05, 4.69) is 0 Å². The highest BCUT2D eigenvalue weighted by molar-refractivity contribution is 7.89. The topological polar surface area (TPSA) is 98.5 Å². The maximum atomic E-state index is 13.6. The lowest BCUT2D eigenvalue weighted by molar-refractivity contribution is -0.132. The molecule has 9 nitrogen and oxygen atoms in total. The lowest BCUT2D eigenvalue weighted by atomic mass is 10.1. The molecule has 0 fully saturated rings. The molecule has 0 saturated carbocycles. The normalized spacial score (nSPS) is 11.5. The average molecular weight is 586 g/mol. The Balaban J connectivity index is 1.85. The molecule has 0 aliphatic heterocycles. The van der Waals surface area contributed by atoms with Crippen LogP contribution in [0.2, 0.25) is 10.0 Å². The second kappa shape index (κ2) is 13.9. The molecule has 3 aromatic rings. The van der Waals surface area contributed by atoms with Crippen molar-refractivity contribution in [3.63, 3.8) is 0 Å². The first-order chi connectivity index (χ1) is 18.2. The molecule has 0 saturated heterocycles. The van der Waals surface area contributed by atoms with Crippen molar-refractivity contribution in [2.75, 3.05) is 47.6 Å². The first-order valence-corrected chi connectivity index (χ1v) is 13.8. The van der Waals surface area contributed by atoms with Crippen molar-refractivity contribution in [3.8, 4) is 11.5 Å². The lowest BCUT2D eigenvalue weighted by Crippen LogP contribution is -2.44.